The average Bonchev–Trinajstić information content (AvgIpc) is 3.05. The molecule has 0 aliphatic carbocycles. The maximum atomic E-state index is 12.3. The lowest BCUT2D eigenvalue weighted by Gasteiger charge is -2.34. The number of hydrogen-bond donors (Lipinski definition) is 2. The molecule has 1 atom stereocenters. The largest absolute Gasteiger partial charge is 0.487 e. The van der Waals surface area contributed by atoms with Gasteiger partial charge in [0, 0.05) is 38.0 Å². The van der Waals surface area contributed by atoms with Gasteiger partial charge in [0.05, 0.1) is 6.04 Å². The number of halogens is 2. The molecule has 1 unspecified atom stereocenters. The molecule has 3 N–H and O–H groups in total. The Morgan fingerprint density at radius 3 is 2.83 bits per heavy atom. The molecule has 1 aliphatic heterocycles. The maximum absolute atomic E-state index is 12.3. The lowest BCUT2D eigenvalue weighted by atomic mass is 10.0. The van der Waals surface area contributed by atoms with Gasteiger partial charge in [-0.2, -0.15) is 0 Å². The van der Waals surface area contributed by atoms with Crippen molar-refractivity contribution in [1.82, 2.24) is 10.0 Å². The van der Waals surface area contributed by atoms with Gasteiger partial charge in [0.1, 0.15) is 12.4 Å². The number of nitrogens with two attached hydrogens (primary N) is 1. The van der Waals surface area contributed by atoms with E-state index in [4.69, 9.17) is 15.6 Å². The van der Waals surface area contributed by atoms with Gasteiger partial charge in [0.15, 0.2) is 0 Å². The third kappa shape index (κ3) is 4.66. The molecule has 0 radical (unpaired) electrons. The van der Waals surface area contributed by atoms with Gasteiger partial charge in [-0.3, -0.25) is 0 Å². The van der Waals surface area contributed by atoms with Crippen molar-refractivity contribution in [2.45, 2.75) is 32.4 Å². The van der Waals surface area contributed by atoms with E-state index < -0.39 is 13.0 Å². The Hall–Kier alpha value is -1.70. The zero-order valence-electron chi connectivity index (χ0n) is 13.9. The predicted molar refractivity (Wildman–Crippen MR) is 88.5 cm³/mol. The van der Waals surface area contributed by atoms with Crippen molar-refractivity contribution >= 4 is 0 Å². The maximum Gasteiger partial charge on any atom is 0.272 e. The standard InChI is InChI=1S/C17H25F2N3O2/c1-13(22-8-2-6-21(22)7-3-9-23)14-4-5-16(15(10-14)11-20)24-12-17(18)19/h2,4-6,10,13,17,23H,3,7-9,11-12,20H2,1H3. The number of benzene rings is 1. The SMILES string of the molecule is CC(c1ccc(OCC(F)F)c(CN)c1)N1CC=CN1CCCO. The molecule has 0 saturated carbocycles. The quantitative estimate of drug-likeness (QED) is 0.722. The summed E-state index contributed by atoms with van der Waals surface area (Å²) in [6.07, 6.45) is 2.26. The normalized spacial score (nSPS) is 16.2. The van der Waals surface area contributed by atoms with E-state index in [0.29, 0.717) is 17.7 Å². The minimum Gasteiger partial charge on any atom is -0.487 e. The Morgan fingerprint density at radius 1 is 1.38 bits per heavy atom. The summed E-state index contributed by atoms with van der Waals surface area (Å²) in [5, 5.41) is 13.3. The second-order valence-electron chi connectivity index (χ2n) is 5.70. The number of aliphatic hydroxyl groups excluding tert-OH is 1. The molecular weight excluding hydrogens is 316 g/mol. The molecule has 1 aromatic rings. The molecule has 0 amide bonds. The highest BCUT2D eigenvalue weighted by Crippen LogP contribution is 2.29. The van der Waals surface area contributed by atoms with E-state index in [-0.39, 0.29) is 19.2 Å². The molecule has 2 rings (SSSR count). The number of ether oxygens (including phenoxy) is 1. The van der Waals surface area contributed by atoms with Crippen LogP contribution in [-0.2, 0) is 6.54 Å². The predicted octanol–water partition coefficient (Wildman–Crippen LogP) is 2.28. The average molecular weight is 341 g/mol. The van der Waals surface area contributed by atoms with Crippen LogP contribution in [0.1, 0.15) is 30.5 Å². The van der Waals surface area contributed by atoms with Crippen LogP contribution in [0.25, 0.3) is 0 Å². The van der Waals surface area contributed by atoms with E-state index >= 15 is 0 Å². The molecule has 0 bridgehead atoms. The molecular formula is C17H25F2N3O2. The van der Waals surface area contributed by atoms with Crippen LogP contribution >= 0.6 is 0 Å². The summed E-state index contributed by atoms with van der Waals surface area (Å²) in [4.78, 5) is 0. The van der Waals surface area contributed by atoms with E-state index in [1.54, 1.807) is 6.07 Å². The lowest BCUT2D eigenvalue weighted by Crippen LogP contribution is -2.38. The highest BCUT2D eigenvalue weighted by molar-refractivity contribution is 5.38. The molecule has 134 valence electrons. The molecule has 0 saturated heterocycles. The molecule has 0 aromatic heterocycles. The molecule has 1 aliphatic rings. The smallest absolute Gasteiger partial charge is 0.272 e. The Labute approximate surface area is 141 Å². The van der Waals surface area contributed by atoms with E-state index in [1.165, 1.54) is 0 Å². The van der Waals surface area contributed by atoms with Gasteiger partial charge in [0.25, 0.3) is 6.43 Å². The van der Waals surface area contributed by atoms with E-state index in [0.717, 1.165) is 18.7 Å². The Kier molecular flexibility index (Phi) is 6.96. The molecule has 0 spiro atoms. The third-order valence-corrected chi connectivity index (χ3v) is 4.04. The molecule has 5 nitrogen and oxygen atoms in total. The van der Waals surface area contributed by atoms with Crippen molar-refractivity contribution in [3.8, 4) is 5.75 Å². The van der Waals surface area contributed by atoms with Gasteiger partial charge >= 0.3 is 0 Å². The topological polar surface area (TPSA) is 62.0 Å². The minimum atomic E-state index is -2.51. The van der Waals surface area contributed by atoms with Crippen molar-refractivity contribution in [3.63, 3.8) is 0 Å². The summed E-state index contributed by atoms with van der Waals surface area (Å²) >= 11 is 0. The van der Waals surface area contributed by atoms with E-state index in [2.05, 4.69) is 23.0 Å². The van der Waals surface area contributed by atoms with Gasteiger partial charge < -0.3 is 20.6 Å². The second kappa shape index (κ2) is 8.96. The van der Waals surface area contributed by atoms with Gasteiger partial charge in [-0.1, -0.05) is 12.1 Å². The summed E-state index contributed by atoms with van der Waals surface area (Å²) in [5.74, 6) is 0.408. The van der Waals surface area contributed by atoms with Crippen LogP contribution in [0.2, 0.25) is 0 Å². The fraction of sp³-hybridized carbons (Fsp3) is 0.529. The molecule has 1 heterocycles. The third-order valence-electron chi connectivity index (χ3n) is 4.04. The lowest BCUT2D eigenvalue weighted by molar-refractivity contribution is 0.00840. The molecule has 24 heavy (non-hydrogen) atoms. The van der Waals surface area contributed by atoms with Gasteiger partial charge in [-0.25, -0.2) is 13.8 Å². The van der Waals surface area contributed by atoms with Crippen molar-refractivity contribution in [2.24, 2.45) is 5.73 Å². The van der Waals surface area contributed by atoms with Crippen molar-refractivity contribution in [2.75, 3.05) is 26.3 Å². The van der Waals surface area contributed by atoms with Crippen molar-refractivity contribution in [1.29, 1.82) is 0 Å². The zero-order chi connectivity index (χ0) is 17.5. The van der Waals surface area contributed by atoms with Gasteiger partial charge in [-0.05, 0) is 31.0 Å². The summed E-state index contributed by atoms with van der Waals surface area (Å²) in [5.41, 5.74) is 7.50. The zero-order valence-corrected chi connectivity index (χ0v) is 13.9. The van der Waals surface area contributed by atoms with Crippen LogP contribution in [0.3, 0.4) is 0 Å². The second-order valence-corrected chi connectivity index (χ2v) is 5.70. The van der Waals surface area contributed by atoms with Crippen LogP contribution < -0.4 is 10.5 Å². The first-order valence-corrected chi connectivity index (χ1v) is 8.11. The van der Waals surface area contributed by atoms with Gasteiger partial charge in [-0.15, -0.1) is 0 Å². The first-order valence-electron chi connectivity index (χ1n) is 8.11. The summed E-state index contributed by atoms with van der Waals surface area (Å²) in [7, 11) is 0. The van der Waals surface area contributed by atoms with E-state index in [9.17, 15) is 8.78 Å². The molecule has 7 heteroatoms. The number of nitrogens with zero attached hydrogens (tertiary/aromatic N) is 2. The summed E-state index contributed by atoms with van der Waals surface area (Å²) < 4.78 is 29.8. The summed E-state index contributed by atoms with van der Waals surface area (Å²) in [6, 6.07) is 5.59. The molecule has 0 fully saturated rings. The van der Waals surface area contributed by atoms with Gasteiger partial charge in [0.2, 0.25) is 0 Å². The monoisotopic (exact) mass is 341 g/mol. The number of hydrazine groups is 1. The fourth-order valence-electron chi connectivity index (χ4n) is 2.77. The highest BCUT2D eigenvalue weighted by Gasteiger charge is 2.23. The summed E-state index contributed by atoms with van der Waals surface area (Å²) in [6.45, 7) is 3.36. The number of aliphatic hydroxyl groups is 1. The first kappa shape index (κ1) is 18.6. The first-order chi connectivity index (χ1) is 11.6. The van der Waals surface area contributed by atoms with Crippen LogP contribution in [0.4, 0.5) is 8.78 Å². The van der Waals surface area contributed by atoms with Crippen molar-refractivity contribution < 1.29 is 18.6 Å². The fourth-order valence-corrected chi connectivity index (χ4v) is 2.77. The number of hydrogen-bond acceptors (Lipinski definition) is 5. The van der Waals surface area contributed by atoms with E-state index in [1.807, 2.05) is 18.3 Å². The molecule has 1 aromatic carbocycles. The Balaban J connectivity index is 2.10. The Morgan fingerprint density at radius 2 is 2.17 bits per heavy atom. The van der Waals surface area contributed by atoms with Crippen molar-refractivity contribution in [3.05, 3.63) is 41.6 Å². The minimum absolute atomic E-state index is 0.0909. The number of alkyl halides is 2. The Bertz CT molecular complexity index is 555. The van der Waals surface area contributed by atoms with Crippen LogP contribution in [-0.4, -0.2) is 47.9 Å². The van der Waals surface area contributed by atoms with Crippen LogP contribution in [0.5, 0.6) is 5.75 Å². The number of rotatable bonds is 9. The van der Waals surface area contributed by atoms with Crippen LogP contribution in [0, 0.1) is 0 Å². The van der Waals surface area contributed by atoms with Crippen LogP contribution in [0.15, 0.2) is 30.5 Å². The highest BCUT2D eigenvalue weighted by atomic mass is 19.3.